The molecule has 0 spiro atoms. The Morgan fingerprint density at radius 2 is 1.69 bits per heavy atom. The van der Waals surface area contributed by atoms with Crippen LogP contribution in [0.5, 0.6) is 0 Å². The van der Waals surface area contributed by atoms with Crippen LogP contribution in [0.3, 0.4) is 0 Å². The minimum absolute atomic E-state index is 0.0706. The molecule has 0 fully saturated rings. The zero-order valence-electron chi connectivity index (χ0n) is 19.0. The van der Waals surface area contributed by atoms with E-state index in [0.29, 0.717) is 16.7 Å². The van der Waals surface area contributed by atoms with Crippen molar-refractivity contribution in [1.29, 1.82) is 0 Å². The molecular formula is C26H20N4O5. The Labute approximate surface area is 198 Å². The van der Waals surface area contributed by atoms with Crippen LogP contribution in [-0.4, -0.2) is 32.4 Å². The standard InChI is InChI=1S/C26H20N4O5/c1-16-11-13-17(14-12-16)23-27-22(35-28-23)15-29-20-9-5-3-7-18(20)24(31)30(26(29)33)21-10-6-4-8-19(21)25(32)34-2/h3-14H,15H2,1-2H3. The first-order chi connectivity index (χ1) is 17.0. The van der Waals surface area contributed by atoms with E-state index in [0.717, 1.165) is 15.7 Å². The number of aryl methyl sites for hydroxylation is 1. The molecule has 0 aliphatic heterocycles. The number of esters is 1. The number of carbonyl (C=O) groups excluding carboxylic acids is 1. The highest BCUT2D eigenvalue weighted by molar-refractivity contribution is 5.93. The van der Waals surface area contributed by atoms with Gasteiger partial charge in [-0.25, -0.2) is 14.2 Å². The maximum Gasteiger partial charge on any atom is 0.339 e. The van der Waals surface area contributed by atoms with E-state index in [1.54, 1.807) is 36.4 Å². The number of rotatable bonds is 5. The second kappa shape index (κ2) is 8.86. The van der Waals surface area contributed by atoms with Crippen molar-refractivity contribution in [3.63, 3.8) is 0 Å². The van der Waals surface area contributed by atoms with Gasteiger partial charge in [-0.15, -0.1) is 0 Å². The Kier molecular flexibility index (Phi) is 5.58. The molecule has 0 aliphatic carbocycles. The van der Waals surface area contributed by atoms with Crippen LogP contribution < -0.4 is 11.2 Å². The molecule has 0 N–H and O–H groups in total. The average molecular weight is 468 g/mol. The first-order valence-electron chi connectivity index (χ1n) is 10.8. The largest absolute Gasteiger partial charge is 0.465 e. The Morgan fingerprint density at radius 3 is 2.46 bits per heavy atom. The van der Waals surface area contributed by atoms with Gasteiger partial charge in [-0.1, -0.05) is 59.3 Å². The third-order valence-electron chi connectivity index (χ3n) is 5.67. The van der Waals surface area contributed by atoms with Gasteiger partial charge in [-0.3, -0.25) is 9.36 Å². The smallest absolute Gasteiger partial charge is 0.339 e. The van der Waals surface area contributed by atoms with E-state index in [9.17, 15) is 14.4 Å². The minimum atomic E-state index is -0.661. The number of nitrogens with zero attached hydrogens (tertiary/aromatic N) is 4. The van der Waals surface area contributed by atoms with E-state index in [-0.39, 0.29) is 23.7 Å². The predicted molar refractivity (Wildman–Crippen MR) is 129 cm³/mol. The Morgan fingerprint density at radius 1 is 0.971 bits per heavy atom. The van der Waals surface area contributed by atoms with Crippen molar-refractivity contribution < 1.29 is 14.1 Å². The number of ether oxygens (including phenoxy) is 1. The summed E-state index contributed by atoms with van der Waals surface area (Å²) < 4.78 is 12.6. The first-order valence-corrected chi connectivity index (χ1v) is 10.8. The van der Waals surface area contributed by atoms with Gasteiger partial charge in [-0.05, 0) is 31.2 Å². The van der Waals surface area contributed by atoms with Gasteiger partial charge in [0, 0.05) is 5.56 Å². The average Bonchev–Trinajstić information content (AvgIpc) is 3.35. The molecule has 9 heteroatoms. The van der Waals surface area contributed by atoms with Crippen molar-refractivity contribution in [3.05, 3.63) is 111 Å². The maximum absolute atomic E-state index is 13.7. The van der Waals surface area contributed by atoms with Gasteiger partial charge in [0.05, 0.1) is 29.3 Å². The Hall–Kier alpha value is -4.79. The van der Waals surface area contributed by atoms with Crippen LogP contribution in [0.4, 0.5) is 0 Å². The summed E-state index contributed by atoms with van der Waals surface area (Å²) >= 11 is 0. The van der Waals surface area contributed by atoms with Crippen LogP contribution in [0.15, 0.2) is 86.9 Å². The number of fused-ring (bicyclic) bond motifs is 1. The second-order valence-electron chi connectivity index (χ2n) is 7.91. The summed E-state index contributed by atoms with van der Waals surface area (Å²) in [5, 5.41) is 4.33. The van der Waals surface area contributed by atoms with E-state index in [4.69, 9.17) is 9.26 Å². The lowest BCUT2D eigenvalue weighted by molar-refractivity contribution is 0.0600. The van der Waals surface area contributed by atoms with Crippen molar-refractivity contribution in [2.24, 2.45) is 0 Å². The van der Waals surface area contributed by atoms with Crippen LogP contribution in [0.2, 0.25) is 0 Å². The molecule has 0 atom stereocenters. The molecular weight excluding hydrogens is 448 g/mol. The molecule has 9 nitrogen and oxygen atoms in total. The van der Waals surface area contributed by atoms with E-state index in [2.05, 4.69) is 10.1 Å². The number of carbonyl (C=O) groups is 1. The van der Waals surface area contributed by atoms with E-state index >= 15 is 0 Å². The fourth-order valence-electron chi connectivity index (χ4n) is 3.91. The van der Waals surface area contributed by atoms with Crippen LogP contribution in [-0.2, 0) is 11.3 Å². The number of aromatic nitrogens is 4. The highest BCUT2D eigenvalue weighted by Crippen LogP contribution is 2.18. The molecule has 0 saturated carbocycles. The molecule has 0 aliphatic rings. The monoisotopic (exact) mass is 468 g/mol. The van der Waals surface area contributed by atoms with Gasteiger partial charge >= 0.3 is 11.7 Å². The molecule has 35 heavy (non-hydrogen) atoms. The van der Waals surface area contributed by atoms with Gasteiger partial charge in [-0.2, -0.15) is 4.98 Å². The SMILES string of the molecule is COC(=O)c1ccccc1-n1c(=O)c2ccccc2n(Cc2nc(-c3ccc(C)cc3)no2)c1=O. The molecule has 2 aromatic heterocycles. The van der Waals surface area contributed by atoms with Crippen molar-refractivity contribution >= 4 is 16.9 Å². The van der Waals surface area contributed by atoms with Crippen molar-refractivity contribution in [3.8, 4) is 17.1 Å². The molecule has 5 aromatic rings. The predicted octanol–water partition coefficient (Wildman–Crippen LogP) is 3.35. The van der Waals surface area contributed by atoms with Crippen molar-refractivity contribution in [2.45, 2.75) is 13.5 Å². The molecule has 0 radical (unpaired) electrons. The number of hydrogen-bond donors (Lipinski definition) is 0. The lowest BCUT2D eigenvalue weighted by atomic mass is 10.1. The fourth-order valence-corrected chi connectivity index (χ4v) is 3.91. The summed E-state index contributed by atoms with van der Waals surface area (Å²) in [7, 11) is 1.24. The second-order valence-corrected chi connectivity index (χ2v) is 7.91. The summed E-state index contributed by atoms with van der Waals surface area (Å²) in [4.78, 5) is 43.8. The molecule has 3 aromatic carbocycles. The Bertz CT molecular complexity index is 1680. The van der Waals surface area contributed by atoms with Crippen LogP contribution >= 0.6 is 0 Å². The van der Waals surface area contributed by atoms with Gasteiger partial charge in [0.15, 0.2) is 0 Å². The molecule has 0 saturated heterocycles. The zero-order chi connectivity index (χ0) is 24.5. The van der Waals surface area contributed by atoms with Crippen LogP contribution in [0.1, 0.15) is 21.8 Å². The molecule has 174 valence electrons. The third-order valence-corrected chi connectivity index (χ3v) is 5.67. The number of hydrogen-bond acceptors (Lipinski definition) is 7. The quantitative estimate of drug-likeness (QED) is 0.364. The van der Waals surface area contributed by atoms with Gasteiger partial charge < -0.3 is 9.26 Å². The van der Waals surface area contributed by atoms with Gasteiger partial charge in [0.25, 0.3) is 5.56 Å². The van der Waals surface area contributed by atoms with Crippen LogP contribution in [0, 0.1) is 6.92 Å². The van der Waals surface area contributed by atoms with E-state index in [1.807, 2.05) is 31.2 Å². The molecule has 0 unspecified atom stereocenters. The highest BCUT2D eigenvalue weighted by Gasteiger charge is 2.21. The normalized spacial score (nSPS) is 11.0. The fraction of sp³-hybridized carbons (Fsp3) is 0.115. The van der Waals surface area contributed by atoms with E-state index < -0.39 is 17.2 Å². The van der Waals surface area contributed by atoms with Crippen LogP contribution in [0.25, 0.3) is 28.0 Å². The molecule has 2 heterocycles. The van der Waals surface area contributed by atoms with Crippen molar-refractivity contribution in [1.82, 2.24) is 19.3 Å². The van der Waals surface area contributed by atoms with Gasteiger partial charge in [0.1, 0.15) is 6.54 Å². The molecule has 5 rings (SSSR count). The minimum Gasteiger partial charge on any atom is -0.465 e. The third kappa shape index (κ3) is 3.93. The molecule has 0 bridgehead atoms. The van der Waals surface area contributed by atoms with Crippen molar-refractivity contribution in [2.75, 3.05) is 7.11 Å². The zero-order valence-corrected chi connectivity index (χ0v) is 19.0. The first kappa shape index (κ1) is 22.0. The lowest BCUT2D eigenvalue weighted by Gasteiger charge is -2.14. The number of para-hydroxylation sites is 2. The highest BCUT2D eigenvalue weighted by atomic mass is 16.5. The summed E-state index contributed by atoms with van der Waals surface area (Å²) in [6, 6.07) is 20.7. The van der Waals surface area contributed by atoms with E-state index in [1.165, 1.54) is 23.8 Å². The maximum atomic E-state index is 13.7. The number of benzene rings is 3. The summed E-state index contributed by atoms with van der Waals surface area (Å²) in [6.07, 6.45) is 0. The van der Waals surface area contributed by atoms with Gasteiger partial charge in [0.2, 0.25) is 11.7 Å². The summed E-state index contributed by atoms with van der Waals surface area (Å²) in [5.41, 5.74) is 1.30. The Balaban J connectivity index is 1.68. The molecule has 0 amide bonds. The lowest BCUT2D eigenvalue weighted by Crippen LogP contribution is -2.40. The topological polar surface area (TPSA) is 109 Å². The summed E-state index contributed by atoms with van der Waals surface area (Å²) in [6.45, 7) is 1.91. The summed E-state index contributed by atoms with van der Waals surface area (Å²) in [5.74, 6) is -0.0766. The number of methoxy groups -OCH3 is 1.